The molecule has 0 atom stereocenters. The zero-order chi connectivity index (χ0) is 11.0. The number of nitrogens with one attached hydrogen (secondary N) is 2. The maximum atomic E-state index is 4.73. The minimum Gasteiger partial charge on any atom is -0.373 e. The van der Waals surface area contributed by atoms with Crippen molar-refractivity contribution in [2.75, 3.05) is 12.4 Å². The molecule has 1 aromatic heterocycles. The molecule has 2 aliphatic rings. The fourth-order valence-electron chi connectivity index (χ4n) is 2.76. The van der Waals surface area contributed by atoms with Gasteiger partial charge in [0.25, 0.3) is 0 Å². The minimum absolute atomic E-state index is 0.595. The third kappa shape index (κ3) is 1.57. The van der Waals surface area contributed by atoms with Gasteiger partial charge in [0, 0.05) is 31.6 Å². The Morgan fingerprint density at radius 2 is 2.00 bits per heavy atom. The lowest BCUT2D eigenvalue weighted by molar-refractivity contribution is 0.661. The number of hydrogen-bond acceptors (Lipinski definition) is 4. The van der Waals surface area contributed by atoms with Gasteiger partial charge < -0.3 is 10.6 Å². The Kier molecular flexibility index (Phi) is 2.52. The summed E-state index contributed by atoms with van der Waals surface area (Å²) >= 11 is 0. The normalized spacial score (nSPS) is 20.1. The maximum absolute atomic E-state index is 4.73. The van der Waals surface area contributed by atoms with Crippen molar-refractivity contribution in [3.8, 4) is 0 Å². The van der Waals surface area contributed by atoms with Crippen molar-refractivity contribution in [3.63, 3.8) is 0 Å². The molecule has 0 spiro atoms. The van der Waals surface area contributed by atoms with Gasteiger partial charge in [-0.3, -0.25) is 0 Å². The minimum atomic E-state index is 0.595. The van der Waals surface area contributed by atoms with Crippen molar-refractivity contribution in [3.05, 3.63) is 17.1 Å². The number of fused-ring (bicyclic) bond motifs is 1. The highest BCUT2D eigenvalue weighted by atomic mass is 15.1. The van der Waals surface area contributed by atoms with Crippen LogP contribution < -0.4 is 10.6 Å². The molecule has 0 radical (unpaired) electrons. The van der Waals surface area contributed by atoms with Crippen molar-refractivity contribution >= 4 is 5.82 Å². The summed E-state index contributed by atoms with van der Waals surface area (Å²) in [5.41, 5.74) is 2.45. The molecule has 16 heavy (non-hydrogen) atoms. The molecule has 1 fully saturated rings. The van der Waals surface area contributed by atoms with Crippen molar-refractivity contribution in [2.24, 2.45) is 0 Å². The Balaban J connectivity index is 2.00. The fourth-order valence-corrected chi connectivity index (χ4v) is 2.76. The summed E-state index contributed by atoms with van der Waals surface area (Å²) < 4.78 is 0. The molecule has 1 aromatic rings. The largest absolute Gasteiger partial charge is 0.373 e. The summed E-state index contributed by atoms with van der Waals surface area (Å²) in [7, 11) is 1.94. The predicted molar refractivity (Wildman–Crippen MR) is 63.3 cm³/mol. The van der Waals surface area contributed by atoms with Gasteiger partial charge in [-0.1, -0.05) is 12.8 Å². The van der Waals surface area contributed by atoms with Crippen LogP contribution in [0.4, 0.5) is 5.82 Å². The molecule has 2 N–H and O–H groups in total. The lowest BCUT2D eigenvalue weighted by atomic mass is 10.1. The molecule has 4 nitrogen and oxygen atoms in total. The van der Waals surface area contributed by atoms with Crippen LogP contribution in [0.3, 0.4) is 0 Å². The van der Waals surface area contributed by atoms with Crippen molar-refractivity contribution in [2.45, 2.75) is 44.7 Å². The summed E-state index contributed by atoms with van der Waals surface area (Å²) in [6.45, 7) is 1.79. The highest BCUT2D eigenvalue weighted by Gasteiger charge is 2.24. The molecule has 2 heterocycles. The number of nitrogens with zero attached hydrogens (tertiary/aromatic N) is 2. The van der Waals surface area contributed by atoms with Gasteiger partial charge in [0.1, 0.15) is 11.6 Å². The lowest BCUT2D eigenvalue weighted by Crippen LogP contribution is -2.08. The SMILES string of the molecule is CNc1nc(C2CCCC2)nc2c1CNC2. The summed E-state index contributed by atoms with van der Waals surface area (Å²) in [4.78, 5) is 9.41. The van der Waals surface area contributed by atoms with Crippen LogP contribution in [-0.4, -0.2) is 17.0 Å². The van der Waals surface area contributed by atoms with Crippen molar-refractivity contribution < 1.29 is 0 Å². The second kappa shape index (κ2) is 4.01. The Morgan fingerprint density at radius 3 is 2.75 bits per heavy atom. The summed E-state index contributed by atoms with van der Waals surface area (Å²) in [5, 5.41) is 6.54. The maximum Gasteiger partial charge on any atom is 0.134 e. The lowest BCUT2D eigenvalue weighted by Gasteiger charge is -2.12. The first-order valence-corrected chi connectivity index (χ1v) is 6.16. The molecule has 0 saturated heterocycles. The van der Waals surface area contributed by atoms with E-state index in [9.17, 15) is 0 Å². The first-order chi connectivity index (χ1) is 7.88. The number of anilines is 1. The zero-order valence-electron chi connectivity index (χ0n) is 9.71. The van der Waals surface area contributed by atoms with Gasteiger partial charge in [-0.05, 0) is 12.8 Å². The van der Waals surface area contributed by atoms with Crippen LogP contribution in [-0.2, 0) is 13.1 Å². The highest BCUT2D eigenvalue weighted by Crippen LogP contribution is 2.34. The van der Waals surface area contributed by atoms with Gasteiger partial charge in [-0.2, -0.15) is 0 Å². The van der Waals surface area contributed by atoms with E-state index in [0.29, 0.717) is 5.92 Å². The smallest absolute Gasteiger partial charge is 0.134 e. The Labute approximate surface area is 95.9 Å². The van der Waals surface area contributed by atoms with Gasteiger partial charge in [-0.25, -0.2) is 9.97 Å². The molecule has 0 bridgehead atoms. The Hall–Kier alpha value is -1.16. The topological polar surface area (TPSA) is 49.8 Å². The predicted octanol–water partition coefficient (Wildman–Crippen LogP) is 1.78. The highest BCUT2D eigenvalue weighted by molar-refractivity contribution is 5.48. The molecular weight excluding hydrogens is 200 g/mol. The van der Waals surface area contributed by atoms with E-state index < -0.39 is 0 Å². The van der Waals surface area contributed by atoms with Gasteiger partial charge in [0.15, 0.2) is 0 Å². The summed E-state index contributed by atoms with van der Waals surface area (Å²) in [5.74, 6) is 2.68. The monoisotopic (exact) mass is 218 g/mol. The van der Waals surface area contributed by atoms with E-state index in [1.54, 1.807) is 0 Å². The molecule has 0 unspecified atom stereocenters. The fraction of sp³-hybridized carbons (Fsp3) is 0.667. The average Bonchev–Trinajstić information content (AvgIpc) is 2.97. The Morgan fingerprint density at radius 1 is 1.19 bits per heavy atom. The number of hydrogen-bond donors (Lipinski definition) is 2. The van der Waals surface area contributed by atoms with Crippen LogP contribution >= 0.6 is 0 Å². The van der Waals surface area contributed by atoms with E-state index in [1.807, 2.05) is 7.05 Å². The second-order valence-corrected chi connectivity index (χ2v) is 4.69. The quantitative estimate of drug-likeness (QED) is 0.794. The van der Waals surface area contributed by atoms with Crippen LogP contribution in [0.5, 0.6) is 0 Å². The van der Waals surface area contributed by atoms with Crippen LogP contribution in [0, 0.1) is 0 Å². The molecule has 4 heteroatoms. The van der Waals surface area contributed by atoms with Crippen LogP contribution in [0.15, 0.2) is 0 Å². The molecule has 0 aromatic carbocycles. The molecule has 1 aliphatic heterocycles. The third-order valence-electron chi connectivity index (χ3n) is 3.66. The van der Waals surface area contributed by atoms with E-state index in [0.717, 1.165) is 24.7 Å². The molecule has 0 amide bonds. The van der Waals surface area contributed by atoms with Crippen LogP contribution in [0.25, 0.3) is 0 Å². The van der Waals surface area contributed by atoms with Gasteiger partial charge >= 0.3 is 0 Å². The molecule has 1 aliphatic carbocycles. The standard InChI is InChI=1S/C12H18N4/c1-13-12-9-6-14-7-10(9)15-11(16-12)8-4-2-3-5-8/h8,14H,2-7H2,1H3,(H,13,15,16). The molecule has 86 valence electrons. The van der Waals surface area contributed by atoms with Crippen molar-refractivity contribution in [1.82, 2.24) is 15.3 Å². The van der Waals surface area contributed by atoms with E-state index >= 15 is 0 Å². The summed E-state index contributed by atoms with van der Waals surface area (Å²) in [6.07, 6.45) is 5.18. The van der Waals surface area contributed by atoms with Crippen molar-refractivity contribution in [1.29, 1.82) is 0 Å². The van der Waals surface area contributed by atoms with E-state index in [4.69, 9.17) is 4.98 Å². The zero-order valence-corrected chi connectivity index (χ0v) is 9.71. The first kappa shape index (κ1) is 10.0. The van der Waals surface area contributed by atoms with Crippen LogP contribution in [0.2, 0.25) is 0 Å². The van der Waals surface area contributed by atoms with Gasteiger partial charge in [0.05, 0.1) is 5.69 Å². The molecular formula is C12H18N4. The van der Waals surface area contributed by atoms with E-state index in [2.05, 4.69) is 15.6 Å². The molecule has 3 rings (SSSR count). The van der Waals surface area contributed by atoms with E-state index in [-0.39, 0.29) is 0 Å². The average molecular weight is 218 g/mol. The number of rotatable bonds is 2. The summed E-state index contributed by atoms with van der Waals surface area (Å²) in [6, 6.07) is 0. The third-order valence-corrected chi connectivity index (χ3v) is 3.66. The second-order valence-electron chi connectivity index (χ2n) is 4.69. The van der Waals surface area contributed by atoms with Gasteiger partial charge in [0.2, 0.25) is 0 Å². The number of aromatic nitrogens is 2. The van der Waals surface area contributed by atoms with Gasteiger partial charge in [-0.15, -0.1) is 0 Å². The van der Waals surface area contributed by atoms with Crippen LogP contribution in [0.1, 0.15) is 48.7 Å². The Bertz CT molecular complexity index is 396. The molecule has 1 saturated carbocycles. The first-order valence-electron chi connectivity index (χ1n) is 6.16. The van der Waals surface area contributed by atoms with E-state index in [1.165, 1.54) is 36.9 Å².